The summed E-state index contributed by atoms with van der Waals surface area (Å²) in [6.07, 6.45) is 4.23. The first kappa shape index (κ1) is 24.3. The summed E-state index contributed by atoms with van der Waals surface area (Å²) in [4.78, 5) is 0. The summed E-state index contributed by atoms with van der Waals surface area (Å²) >= 11 is 0. The van der Waals surface area contributed by atoms with Crippen LogP contribution in [-0.4, -0.2) is 35.2 Å². The molecule has 0 fully saturated rings. The SMILES string of the molecule is C=C[Si](C)(C)OC(CC)(CC)[Si](C)(C)OC(CC)(CC)[Si](C)(C)C. The molecule has 0 heterocycles. The van der Waals surface area contributed by atoms with Crippen molar-refractivity contribution in [2.45, 2.75) is 110 Å². The van der Waals surface area contributed by atoms with Crippen LogP contribution in [0.1, 0.15) is 53.4 Å². The van der Waals surface area contributed by atoms with Crippen LogP contribution in [0.2, 0.25) is 45.8 Å². The predicted molar refractivity (Wildman–Crippen MR) is 117 cm³/mol. The maximum absolute atomic E-state index is 7.19. The second-order valence-electron chi connectivity index (χ2n) is 9.17. The largest absolute Gasteiger partial charge is 0.412 e. The minimum absolute atomic E-state index is 0.0432. The molecule has 0 aromatic carbocycles. The van der Waals surface area contributed by atoms with Crippen molar-refractivity contribution in [1.29, 1.82) is 0 Å². The Labute approximate surface area is 155 Å². The lowest BCUT2D eigenvalue weighted by atomic mass is 10.2. The summed E-state index contributed by atoms with van der Waals surface area (Å²) in [5, 5.41) is -0.0896. The molecule has 0 saturated carbocycles. The van der Waals surface area contributed by atoms with Gasteiger partial charge in [-0.1, -0.05) is 53.0 Å². The van der Waals surface area contributed by atoms with E-state index in [2.05, 4.69) is 85.8 Å². The van der Waals surface area contributed by atoms with Crippen LogP contribution in [0.4, 0.5) is 0 Å². The van der Waals surface area contributed by atoms with E-state index in [1.165, 1.54) is 0 Å². The van der Waals surface area contributed by atoms with Crippen molar-refractivity contribution in [3.63, 3.8) is 0 Å². The Morgan fingerprint density at radius 3 is 1.33 bits per heavy atom. The summed E-state index contributed by atoms with van der Waals surface area (Å²) in [7, 11) is -5.44. The van der Waals surface area contributed by atoms with Crippen LogP contribution in [0.3, 0.4) is 0 Å². The van der Waals surface area contributed by atoms with Crippen LogP contribution in [0.15, 0.2) is 12.3 Å². The van der Waals surface area contributed by atoms with Gasteiger partial charge in [0.1, 0.15) is 0 Å². The Balaban J connectivity index is 5.98. The van der Waals surface area contributed by atoms with Crippen LogP contribution < -0.4 is 0 Å². The molecule has 0 N–H and O–H groups in total. The van der Waals surface area contributed by atoms with Crippen molar-refractivity contribution in [2.75, 3.05) is 0 Å². The molecule has 0 saturated heterocycles. The van der Waals surface area contributed by atoms with Gasteiger partial charge in [-0.05, 0) is 51.9 Å². The van der Waals surface area contributed by atoms with Gasteiger partial charge in [-0.3, -0.25) is 0 Å². The van der Waals surface area contributed by atoms with Crippen LogP contribution in [-0.2, 0) is 8.85 Å². The lowest BCUT2D eigenvalue weighted by molar-refractivity contribution is 0.0548. The Morgan fingerprint density at radius 1 is 0.708 bits per heavy atom. The highest BCUT2D eigenvalue weighted by Gasteiger charge is 2.55. The number of rotatable bonds is 11. The molecule has 0 unspecified atom stereocenters. The highest BCUT2D eigenvalue weighted by Crippen LogP contribution is 2.42. The standard InChI is InChI=1S/C19H44O2Si3/c1-13-18(14-2,22(6,7)8)21-24(11,12)19(15-3,16-4)20-23(9,10)17-5/h17H,5,13-16H2,1-4,6-12H3. The van der Waals surface area contributed by atoms with Gasteiger partial charge >= 0.3 is 0 Å². The molecule has 0 aromatic heterocycles. The molecule has 0 spiro atoms. The van der Waals surface area contributed by atoms with Gasteiger partial charge in [0.15, 0.2) is 0 Å². The van der Waals surface area contributed by atoms with Crippen LogP contribution in [0, 0.1) is 0 Å². The van der Waals surface area contributed by atoms with Gasteiger partial charge in [-0.2, -0.15) is 0 Å². The lowest BCUT2D eigenvalue weighted by Gasteiger charge is -2.54. The van der Waals surface area contributed by atoms with E-state index in [9.17, 15) is 0 Å². The summed E-state index contributed by atoms with van der Waals surface area (Å²) in [5.41, 5.74) is 2.06. The van der Waals surface area contributed by atoms with Gasteiger partial charge in [0, 0.05) is 5.22 Å². The summed E-state index contributed by atoms with van der Waals surface area (Å²) in [5.74, 6) is 0. The summed E-state index contributed by atoms with van der Waals surface area (Å²) < 4.78 is 14.0. The molecular weight excluding hydrogens is 344 g/mol. The average Bonchev–Trinajstić information content (AvgIpc) is 2.48. The molecule has 0 aromatic rings. The summed E-state index contributed by atoms with van der Waals surface area (Å²) in [6.45, 7) is 29.8. The van der Waals surface area contributed by atoms with Crippen LogP contribution >= 0.6 is 0 Å². The molecular formula is C19H44O2Si3. The topological polar surface area (TPSA) is 18.5 Å². The van der Waals surface area contributed by atoms with E-state index in [-0.39, 0.29) is 10.4 Å². The van der Waals surface area contributed by atoms with Gasteiger partial charge in [0.2, 0.25) is 16.6 Å². The van der Waals surface area contributed by atoms with Crippen LogP contribution in [0.5, 0.6) is 0 Å². The minimum Gasteiger partial charge on any atom is -0.412 e. The Morgan fingerprint density at radius 2 is 1.08 bits per heavy atom. The third kappa shape index (κ3) is 4.94. The van der Waals surface area contributed by atoms with E-state index in [0.29, 0.717) is 0 Å². The van der Waals surface area contributed by atoms with E-state index >= 15 is 0 Å². The minimum atomic E-state index is -2.10. The predicted octanol–water partition coefficient (Wildman–Crippen LogP) is 6.69. The molecule has 2 nitrogen and oxygen atoms in total. The maximum atomic E-state index is 7.19. The van der Waals surface area contributed by atoms with Crippen molar-refractivity contribution in [3.05, 3.63) is 12.3 Å². The first-order valence-corrected chi connectivity index (χ1v) is 19.1. The molecule has 0 bridgehead atoms. The maximum Gasteiger partial charge on any atom is 0.217 e. The fourth-order valence-electron chi connectivity index (χ4n) is 4.10. The molecule has 144 valence electrons. The number of hydrogen-bond donors (Lipinski definition) is 0. The van der Waals surface area contributed by atoms with Crippen LogP contribution in [0.25, 0.3) is 0 Å². The quantitative estimate of drug-likeness (QED) is 0.367. The van der Waals surface area contributed by atoms with E-state index in [1.54, 1.807) is 0 Å². The van der Waals surface area contributed by atoms with Crippen molar-refractivity contribution >= 4 is 24.7 Å². The molecule has 0 rings (SSSR count). The van der Waals surface area contributed by atoms with Crippen molar-refractivity contribution < 1.29 is 8.85 Å². The fraction of sp³-hybridized carbons (Fsp3) is 0.895. The van der Waals surface area contributed by atoms with Crippen molar-refractivity contribution in [1.82, 2.24) is 0 Å². The molecule has 0 atom stereocenters. The smallest absolute Gasteiger partial charge is 0.217 e. The fourth-order valence-corrected chi connectivity index (χ4v) is 14.5. The molecule has 0 amide bonds. The van der Waals surface area contributed by atoms with Gasteiger partial charge in [0.05, 0.1) is 13.3 Å². The monoisotopic (exact) mass is 388 g/mol. The molecule has 0 aliphatic carbocycles. The molecule has 5 heteroatoms. The highest BCUT2D eigenvalue weighted by molar-refractivity contribution is 6.82. The normalized spacial score (nSPS) is 14.8. The lowest BCUT2D eigenvalue weighted by Crippen LogP contribution is -2.67. The van der Waals surface area contributed by atoms with Crippen molar-refractivity contribution in [3.8, 4) is 0 Å². The molecule has 0 aliphatic rings. The van der Waals surface area contributed by atoms with E-state index in [0.717, 1.165) is 25.7 Å². The zero-order chi connectivity index (χ0) is 19.4. The zero-order valence-electron chi connectivity index (χ0n) is 18.4. The molecule has 24 heavy (non-hydrogen) atoms. The van der Waals surface area contributed by atoms with Crippen molar-refractivity contribution in [2.24, 2.45) is 0 Å². The Bertz CT molecular complexity index is 403. The van der Waals surface area contributed by atoms with E-state index in [1.807, 2.05) is 0 Å². The van der Waals surface area contributed by atoms with Gasteiger partial charge in [0.25, 0.3) is 0 Å². The van der Waals surface area contributed by atoms with Gasteiger partial charge < -0.3 is 8.85 Å². The average molecular weight is 389 g/mol. The second kappa shape index (κ2) is 8.34. The first-order chi connectivity index (χ1) is 10.7. The van der Waals surface area contributed by atoms with E-state index < -0.39 is 24.7 Å². The Kier molecular flexibility index (Phi) is 8.44. The first-order valence-electron chi connectivity index (χ1n) is 9.76. The summed E-state index contributed by atoms with van der Waals surface area (Å²) in [6, 6.07) is 0. The van der Waals surface area contributed by atoms with E-state index in [4.69, 9.17) is 8.85 Å². The Hall–Kier alpha value is 0.311. The second-order valence-corrected chi connectivity index (χ2v) is 22.5. The number of hydrogen-bond acceptors (Lipinski definition) is 2. The molecule has 0 radical (unpaired) electrons. The highest BCUT2D eigenvalue weighted by atomic mass is 28.4. The third-order valence-corrected chi connectivity index (χ3v) is 15.9. The molecule has 0 aliphatic heterocycles. The van der Waals surface area contributed by atoms with Gasteiger partial charge in [-0.25, -0.2) is 0 Å². The van der Waals surface area contributed by atoms with Gasteiger partial charge in [-0.15, -0.1) is 6.58 Å². The third-order valence-electron chi connectivity index (χ3n) is 6.15. The zero-order valence-corrected chi connectivity index (χ0v) is 21.4.